The molecule has 1 amide bonds. The number of ether oxygens (including phenoxy) is 1. The Hall–Kier alpha value is -1.03. The van der Waals surface area contributed by atoms with E-state index in [4.69, 9.17) is 14.0 Å². The molecular weight excluding hydrogens is 371 g/mol. The van der Waals surface area contributed by atoms with Gasteiger partial charge in [0.2, 0.25) is 0 Å². The molecule has 0 bridgehead atoms. The Balaban J connectivity index is 2.09. The second-order valence-electron chi connectivity index (χ2n) is 8.16. The molecule has 0 saturated carbocycles. The van der Waals surface area contributed by atoms with Crippen LogP contribution in [-0.4, -0.2) is 40.8 Å². The third-order valence-corrected chi connectivity index (χ3v) is 5.42. The lowest BCUT2D eigenvalue weighted by Gasteiger charge is -2.32. The number of anilines is 1. The molecule has 0 atom stereocenters. The number of thiazole rings is 1. The van der Waals surface area contributed by atoms with Crippen molar-refractivity contribution in [1.82, 2.24) is 4.98 Å². The van der Waals surface area contributed by atoms with E-state index in [1.54, 1.807) is 6.20 Å². The molecule has 0 aliphatic carbocycles. The zero-order valence-corrected chi connectivity index (χ0v) is 18.1. The van der Waals surface area contributed by atoms with E-state index in [0.717, 1.165) is 10.3 Å². The van der Waals surface area contributed by atoms with Gasteiger partial charge in [-0.05, 0) is 60.0 Å². The van der Waals surface area contributed by atoms with E-state index in [0.29, 0.717) is 10.9 Å². The quantitative estimate of drug-likeness (QED) is 0.580. The maximum atomic E-state index is 11.8. The van der Waals surface area contributed by atoms with Crippen LogP contribution in [0, 0.1) is 0 Å². The van der Waals surface area contributed by atoms with Crippen LogP contribution in [0.15, 0.2) is 11.7 Å². The van der Waals surface area contributed by atoms with Gasteiger partial charge in [0.15, 0.2) is 5.13 Å². The van der Waals surface area contributed by atoms with Crippen LogP contribution in [0.2, 0.25) is 0 Å². The van der Waals surface area contributed by atoms with Crippen molar-refractivity contribution in [2.45, 2.75) is 65.3 Å². The Bertz CT molecular complexity index is 679. The number of hydrogen-bond acceptors (Lipinski definition) is 7. The Labute approximate surface area is 165 Å². The van der Waals surface area contributed by atoms with Gasteiger partial charge in [-0.3, -0.25) is 5.32 Å². The molecule has 1 aliphatic heterocycles. The minimum absolute atomic E-state index is 0.406. The lowest BCUT2D eigenvalue weighted by molar-refractivity contribution is 0.00578. The molecule has 26 heavy (non-hydrogen) atoms. The van der Waals surface area contributed by atoms with Crippen LogP contribution in [0.5, 0.6) is 0 Å². The molecule has 2 rings (SSSR count). The van der Waals surface area contributed by atoms with Crippen LogP contribution in [-0.2, 0) is 14.0 Å². The molecule has 0 radical (unpaired) electrons. The highest BCUT2D eigenvalue weighted by Gasteiger charge is 2.52. The molecule has 0 unspecified atom stereocenters. The van der Waals surface area contributed by atoms with E-state index < -0.39 is 30.0 Å². The van der Waals surface area contributed by atoms with Gasteiger partial charge in [0.1, 0.15) is 5.60 Å². The van der Waals surface area contributed by atoms with Crippen LogP contribution >= 0.6 is 24.0 Å². The van der Waals surface area contributed by atoms with Gasteiger partial charge in [-0.15, -0.1) is 0 Å². The highest BCUT2D eigenvalue weighted by atomic mass is 32.1. The molecule has 2 heterocycles. The summed E-state index contributed by atoms with van der Waals surface area (Å²) in [6, 6.07) is 0. The lowest BCUT2D eigenvalue weighted by atomic mass is 9.79. The molecule has 9 heteroatoms. The number of thiol groups is 1. The highest BCUT2D eigenvalue weighted by molar-refractivity contribution is 7.80. The molecule has 0 aromatic carbocycles. The second kappa shape index (κ2) is 7.54. The maximum absolute atomic E-state index is 11.8. The van der Waals surface area contributed by atoms with Crippen molar-refractivity contribution in [1.29, 1.82) is 0 Å². The predicted molar refractivity (Wildman–Crippen MR) is 110 cm³/mol. The zero-order valence-electron chi connectivity index (χ0n) is 16.4. The Morgan fingerprint density at radius 2 is 1.92 bits per heavy atom. The first kappa shape index (κ1) is 21.3. The molecule has 144 valence electrons. The number of carbonyl (C=O) groups is 1. The van der Waals surface area contributed by atoms with E-state index >= 15 is 0 Å². The maximum Gasteiger partial charge on any atom is 0.491 e. The van der Waals surface area contributed by atoms with E-state index in [1.807, 2.05) is 54.5 Å². The average molecular weight is 398 g/mol. The largest absolute Gasteiger partial charge is 0.491 e. The molecule has 1 aromatic heterocycles. The molecule has 1 N–H and O–H groups in total. The summed E-state index contributed by atoms with van der Waals surface area (Å²) in [5.41, 5.74) is -0.465. The Kier molecular flexibility index (Phi) is 6.17. The van der Waals surface area contributed by atoms with Crippen molar-refractivity contribution in [3.8, 4) is 0 Å². The number of nitrogens with one attached hydrogen (secondary N) is 1. The number of hydrogen-bond donors (Lipinski definition) is 2. The molecule has 6 nitrogen and oxygen atoms in total. The summed E-state index contributed by atoms with van der Waals surface area (Å²) in [6.07, 6.45) is 3.10. The molecule has 1 aromatic rings. The summed E-state index contributed by atoms with van der Waals surface area (Å²) in [7, 11) is -0.457. The van der Waals surface area contributed by atoms with Gasteiger partial charge in [-0.1, -0.05) is 11.3 Å². The number of nitrogens with zero attached hydrogens (tertiary/aromatic N) is 1. The standard InChI is InChI=1S/C17H27BN2O4S2/c1-15(2,3)22-14(21)20-13-19-9-12(26-13)8-11(10-25)18-23-16(4,5)17(6,7)24-18/h8-9,25H,10H2,1-7H3,(H,19,20,21). The predicted octanol–water partition coefficient (Wildman–Crippen LogP) is 4.43. The minimum atomic E-state index is -0.556. The van der Waals surface area contributed by atoms with Crippen LogP contribution in [0.25, 0.3) is 6.08 Å². The first-order valence-electron chi connectivity index (χ1n) is 8.46. The third-order valence-electron chi connectivity index (χ3n) is 4.20. The van der Waals surface area contributed by atoms with Crippen LogP contribution in [0.3, 0.4) is 0 Å². The minimum Gasteiger partial charge on any atom is -0.444 e. The summed E-state index contributed by atoms with van der Waals surface area (Å²) in [5, 5.41) is 3.11. The van der Waals surface area contributed by atoms with E-state index in [1.165, 1.54) is 11.3 Å². The van der Waals surface area contributed by atoms with Crippen LogP contribution in [0.4, 0.5) is 9.93 Å². The van der Waals surface area contributed by atoms with Gasteiger partial charge in [-0.25, -0.2) is 9.78 Å². The lowest BCUT2D eigenvalue weighted by Crippen LogP contribution is -2.41. The molecule has 1 saturated heterocycles. The summed E-state index contributed by atoms with van der Waals surface area (Å²) in [6.45, 7) is 13.5. The smallest absolute Gasteiger partial charge is 0.444 e. The summed E-state index contributed by atoms with van der Waals surface area (Å²) in [5.74, 6) is 0.490. The van der Waals surface area contributed by atoms with Crippen molar-refractivity contribution >= 4 is 48.4 Å². The molecule has 1 aliphatic rings. The van der Waals surface area contributed by atoms with Crippen LogP contribution < -0.4 is 5.32 Å². The summed E-state index contributed by atoms with van der Waals surface area (Å²) in [4.78, 5) is 16.9. The number of rotatable bonds is 4. The van der Waals surface area contributed by atoms with Gasteiger partial charge in [-0.2, -0.15) is 12.6 Å². The van der Waals surface area contributed by atoms with Gasteiger partial charge in [0.25, 0.3) is 0 Å². The fourth-order valence-corrected chi connectivity index (χ4v) is 3.19. The Morgan fingerprint density at radius 1 is 1.35 bits per heavy atom. The normalized spacial score (nSPS) is 19.5. The number of aromatic nitrogens is 1. The monoisotopic (exact) mass is 398 g/mol. The van der Waals surface area contributed by atoms with Gasteiger partial charge < -0.3 is 14.0 Å². The van der Waals surface area contributed by atoms with Crippen molar-refractivity contribution in [3.05, 3.63) is 16.5 Å². The van der Waals surface area contributed by atoms with Crippen molar-refractivity contribution in [2.75, 3.05) is 11.1 Å². The SMILES string of the molecule is CC(C)(C)OC(=O)Nc1ncc(C=C(CS)B2OC(C)(C)C(C)(C)O2)s1. The van der Waals surface area contributed by atoms with Crippen molar-refractivity contribution < 1.29 is 18.8 Å². The Morgan fingerprint density at radius 3 is 2.42 bits per heavy atom. The molecule has 0 spiro atoms. The van der Waals surface area contributed by atoms with Crippen molar-refractivity contribution in [2.24, 2.45) is 0 Å². The van der Waals surface area contributed by atoms with Gasteiger partial charge >= 0.3 is 13.2 Å². The first-order valence-corrected chi connectivity index (χ1v) is 9.91. The topological polar surface area (TPSA) is 69.7 Å². The van der Waals surface area contributed by atoms with E-state index in [9.17, 15) is 4.79 Å². The fraction of sp³-hybridized carbons (Fsp3) is 0.647. The van der Waals surface area contributed by atoms with Gasteiger partial charge in [0.05, 0.1) is 11.2 Å². The third kappa shape index (κ3) is 5.25. The van der Waals surface area contributed by atoms with E-state index in [2.05, 4.69) is 22.9 Å². The van der Waals surface area contributed by atoms with Crippen LogP contribution in [0.1, 0.15) is 53.3 Å². The highest BCUT2D eigenvalue weighted by Crippen LogP contribution is 2.39. The van der Waals surface area contributed by atoms with Gasteiger partial charge in [0, 0.05) is 16.8 Å². The number of carbonyl (C=O) groups excluding carboxylic acids is 1. The zero-order chi connectivity index (χ0) is 19.8. The molecular formula is C17H27BN2O4S2. The second-order valence-corrected chi connectivity index (χ2v) is 9.54. The van der Waals surface area contributed by atoms with Crippen molar-refractivity contribution in [3.63, 3.8) is 0 Å². The fourth-order valence-electron chi connectivity index (χ4n) is 2.17. The average Bonchev–Trinajstić information content (AvgIpc) is 2.96. The van der Waals surface area contributed by atoms with E-state index in [-0.39, 0.29) is 0 Å². The number of amides is 1. The first-order chi connectivity index (χ1) is 11.8. The summed E-state index contributed by atoms with van der Waals surface area (Å²) >= 11 is 5.75. The summed E-state index contributed by atoms with van der Waals surface area (Å²) < 4.78 is 17.4. The molecule has 1 fully saturated rings.